The van der Waals surface area contributed by atoms with E-state index in [2.05, 4.69) is 63.7 Å². The summed E-state index contributed by atoms with van der Waals surface area (Å²) in [4.78, 5) is 4.62. The summed E-state index contributed by atoms with van der Waals surface area (Å²) in [6.45, 7) is 6.01. The molecule has 0 aliphatic carbocycles. The molecule has 2 rings (SSSR count). The molecule has 0 radical (unpaired) electrons. The molecule has 0 fully saturated rings. The second-order valence-corrected chi connectivity index (χ2v) is 5.60. The zero-order chi connectivity index (χ0) is 12.3. The first-order valence-electron chi connectivity index (χ1n) is 5.62. The van der Waals surface area contributed by atoms with Gasteiger partial charge in [0.2, 0.25) is 0 Å². The number of hydrogen-bond donors (Lipinski definition) is 1. The highest BCUT2D eigenvalue weighted by atomic mass is 79.9. The fourth-order valence-corrected chi connectivity index (χ4v) is 2.70. The average Bonchev–Trinajstić information content (AvgIpc) is 2.79. The summed E-state index contributed by atoms with van der Waals surface area (Å²) in [6, 6.07) is 6.37. The zero-order valence-electron chi connectivity index (χ0n) is 9.96. The molecule has 4 heteroatoms. The van der Waals surface area contributed by atoms with Crippen LogP contribution in [0.3, 0.4) is 0 Å². The van der Waals surface area contributed by atoms with Gasteiger partial charge in [-0.15, -0.1) is 11.3 Å². The summed E-state index contributed by atoms with van der Waals surface area (Å²) in [5.41, 5.74) is 3.54. The Morgan fingerprint density at radius 2 is 2.24 bits per heavy atom. The number of aryl methyl sites for hydroxylation is 1. The van der Waals surface area contributed by atoms with Crippen molar-refractivity contribution in [1.29, 1.82) is 0 Å². The third-order valence-corrected chi connectivity index (χ3v) is 4.32. The Morgan fingerprint density at radius 3 is 2.94 bits per heavy atom. The maximum atomic E-state index is 4.62. The van der Waals surface area contributed by atoms with Gasteiger partial charge in [-0.1, -0.05) is 35.0 Å². The van der Waals surface area contributed by atoms with E-state index in [1.54, 1.807) is 11.3 Å². The molecule has 0 spiro atoms. The molecule has 0 bridgehead atoms. The molecule has 1 aromatic carbocycles. The highest BCUT2D eigenvalue weighted by Crippen LogP contribution is 2.28. The normalized spacial score (nSPS) is 10.8. The van der Waals surface area contributed by atoms with Crippen LogP contribution in [-0.2, 0) is 6.54 Å². The quantitative estimate of drug-likeness (QED) is 0.923. The van der Waals surface area contributed by atoms with E-state index in [4.69, 9.17) is 0 Å². The number of halogens is 1. The van der Waals surface area contributed by atoms with Crippen LogP contribution < -0.4 is 5.32 Å². The predicted molar refractivity (Wildman–Crippen MR) is 77.4 cm³/mol. The lowest BCUT2D eigenvalue weighted by atomic mass is 10.2. The van der Waals surface area contributed by atoms with Crippen molar-refractivity contribution in [3.05, 3.63) is 39.3 Å². The molecule has 0 saturated heterocycles. The number of nitrogens with one attached hydrogen (secondary N) is 1. The molecule has 1 N–H and O–H groups in total. The summed E-state index contributed by atoms with van der Waals surface area (Å²) >= 11 is 5.25. The minimum atomic E-state index is 0.847. The summed E-state index contributed by atoms with van der Waals surface area (Å²) in [7, 11) is 0. The van der Waals surface area contributed by atoms with Gasteiger partial charge in [-0.05, 0) is 25.1 Å². The summed E-state index contributed by atoms with van der Waals surface area (Å²) in [5.74, 6) is 0. The van der Waals surface area contributed by atoms with Gasteiger partial charge in [0.15, 0.2) is 0 Å². The first kappa shape index (κ1) is 12.7. The summed E-state index contributed by atoms with van der Waals surface area (Å²) in [6.07, 6.45) is 0. The molecular weight excluding hydrogens is 296 g/mol. The maximum Gasteiger partial charge on any atom is 0.123 e. The SMILES string of the molecule is CCNCc1csc(-c2ccc(C)c(Br)c2)n1. The Bertz CT molecular complexity index is 508. The van der Waals surface area contributed by atoms with Crippen molar-refractivity contribution in [3.63, 3.8) is 0 Å². The van der Waals surface area contributed by atoms with E-state index < -0.39 is 0 Å². The first-order valence-corrected chi connectivity index (χ1v) is 7.29. The van der Waals surface area contributed by atoms with Gasteiger partial charge in [0.25, 0.3) is 0 Å². The van der Waals surface area contributed by atoms with E-state index in [1.807, 2.05) is 0 Å². The third kappa shape index (κ3) is 3.15. The lowest BCUT2D eigenvalue weighted by molar-refractivity contribution is 0.715. The van der Waals surface area contributed by atoms with Crippen LogP contribution in [0.15, 0.2) is 28.1 Å². The van der Waals surface area contributed by atoms with Gasteiger partial charge in [-0.3, -0.25) is 0 Å². The van der Waals surface area contributed by atoms with Gasteiger partial charge in [0.1, 0.15) is 5.01 Å². The van der Waals surface area contributed by atoms with Crippen LogP contribution in [0.4, 0.5) is 0 Å². The number of hydrogen-bond acceptors (Lipinski definition) is 3. The monoisotopic (exact) mass is 310 g/mol. The molecule has 0 amide bonds. The molecule has 0 unspecified atom stereocenters. The Kier molecular flexibility index (Phi) is 4.31. The lowest BCUT2D eigenvalue weighted by Crippen LogP contribution is -2.11. The minimum absolute atomic E-state index is 0.847. The number of rotatable bonds is 4. The van der Waals surface area contributed by atoms with Crippen molar-refractivity contribution in [3.8, 4) is 10.6 Å². The van der Waals surface area contributed by atoms with E-state index >= 15 is 0 Å². The van der Waals surface area contributed by atoms with Crippen LogP contribution in [-0.4, -0.2) is 11.5 Å². The fraction of sp³-hybridized carbons (Fsp3) is 0.308. The van der Waals surface area contributed by atoms with E-state index in [1.165, 1.54) is 11.1 Å². The van der Waals surface area contributed by atoms with Crippen LogP contribution in [0.25, 0.3) is 10.6 Å². The van der Waals surface area contributed by atoms with Gasteiger partial charge >= 0.3 is 0 Å². The van der Waals surface area contributed by atoms with Crippen molar-refractivity contribution in [1.82, 2.24) is 10.3 Å². The third-order valence-electron chi connectivity index (χ3n) is 2.53. The number of benzene rings is 1. The Balaban J connectivity index is 2.21. The van der Waals surface area contributed by atoms with Crippen molar-refractivity contribution < 1.29 is 0 Å². The topological polar surface area (TPSA) is 24.9 Å². The molecule has 1 aromatic heterocycles. The predicted octanol–water partition coefficient (Wildman–Crippen LogP) is 3.99. The van der Waals surface area contributed by atoms with Crippen molar-refractivity contribution in [2.45, 2.75) is 20.4 Å². The van der Waals surface area contributed by atoms with Gasteiger partial charge < -0.3 is 5.32 Å². The molecule has 0 aliphatic heterocycles. The van der Waals surface area contributed by atoms with Crippen LogP contribution in [0.2, 0.25) is 0 Å². The van der Waals surface area contributed by atoms with Crippen molar-refractivity contribution in [2.75, 3.05) is 6.54 Å². The van der Waals surface area contributed by atoms with Crippen molar-refractivity contribution in [2.24, 2.45) is 0 Å². The summed E-state index contributed by atoms with van der Waals surface area (Å²) < 4.78 is 1.14. The van der Waals surface area contributed by atoms with Crippen LogP contribution in [0.5, 0.6) is 0 Å². The fourth-order valence-electron chi connectivity index (χ4n) is 1.50. The van der Waals surface area contributed by atoms with E-state index in [0.29, 0.717) is 0 Å². The van der Waals surface area contributed by atoms with Gasteiger partial charge in [0, 0.05) is 22.0 Å². The molecule has 17 heavy (non-hydrogen) atoms. The second-order valence-electron chi connectivity index (χ2n) is 3.89. The van der Waals surface area contributed by atoms with Crippen LogP contribution in [0.1, 0.15) is 18.2 Å². The molecule has 90 valence electrons. The number of nitrogens with zero attached hydrogens (tertiary/aromatic N) is 1. The van der Waals surface area contributed by atoms with Crippen LogP contribution >= 0.6 is 27.3 Å². The standard InChI is InChI=1S/C13H15BrN2S/c1-3-15-7-11-8-17-13(16-11)10-5-4-9(2)12(14)6-10/h4-6,8,15H,3,7H2,1-2H3. The highest BCUT2D eigenvalue weighted by molar-refractivity contribution is 9.10. The van der Waals surface area contributed by atoms with E-state index in [9.17, 15) is 0 Å². The molecule has 2 aromatic rings. The Hall–Kier alpha value is -0.710. The molecule has 0 aliphatic rings. The van der Waals surface area contributed by atoms with Gasteiger partial charge in [-0.2, -0.15) is 0 Å². The molecule has 0 saturated carbocycles. The van der Waals surface area contributed by atoms with E-state index in [-0.39, 0.29) is 0 Å². The maximum absolute atomic E-state index is 4.62. The molecular formula is C13H15BrN2S. The first-order chi connectivity index (χ1) is 8.20. The van der Waals surface area contributed by atoms with Gasteiger partial charge in [-0.25, -0.2) is 4.98 Å². The number of thiazole rings is 1. The number of aromatic nitrogens is 1. The zero-order valence-corrected chi connectivity index (χ0v) is 12.4. The molecule has 1 heterocycles. The summed E-state index contributed by atoms with van der Waals surface area (Å²) in [5, 5.41) is 6.48. The highest BCUT2D eigenvalue weighted by Gasteiger charge is 2.05. The Labute approximate surface area is 114 Å². The molecule has 2 nitrogen and oxygen atoms in total. The van der Waals surface area contributed by atoms with E-state index in [0.717, 1.165) is 28.3 Å². The van der Waals surface area contributed by atoms with Crippen LogP contribution in [0, 0.1) is 6.92 Å². The van der Waals surface area contributed by atoms with Crippen molar-refractivity contribution >= 4 is 27.3 Å². The largest absolute Gasteiger partial charge is 0.311 e. The Morgan fingerprint density at radius 1 is 1.41 bits per heavy atom. The smallest absolute Gasteiger partial charge is 0.123 e. The second kappa shape index (κ2) is 5.76. The minimum Gasteiger partial charge on any atom is -0.311 e. The lowest BCUT2D eigenvalue weighted by Gasteiger charge is -2.01. The molecule has 0 atom stereocenters. The average molecular weight is 311 g/mol. The van der Waals surface area contributed by atoms with Gasteiger partial charge in [0.05, 0.1) is 5.69 Å².